The van der Waals surface area contributed by atoms with Gasteiger partial charge >= 0.3 is 0 Å². The molecule has 1 heterocycles. The lowest BCUT2D eigenvalue weighted by Gasteiger charge is -2.10. The zero-order chi connectivity index (χ0) is 23.8. The van der Waals surface area contributed by atoms with Crippen LogP contribution in [-0.4, -0.2) is 34.1 Å². The van der Waals surface area contributed by atoms with Crippen molar-refractivity contribution in [3.63, 3.8) is 0 Å². The number of para-hydroxylation sites is 1. The number of H-pyrrole nitrogens is 1. The number of thioether (sulfide) groups is 1. The number of imidazole rings is 1. The van der Waals surface area contributed by atoms with Gasteiger partial charge in [-0.05, 0) is 18.1 Å². The molecule has 0 saturated heterocycles. The third kappa shape index (κ3) is 5.94. The Labute approximate surface area is 203 Å². The number of carbonyl (C=O) groups excluding carboxylic acids is 2. The van der Waals surface area contributed by atoms with Crippen molar-refractivity contribution in [2.75, 3.05) is 17.6 Å². The Bertz CT molecular complexity index is 1200. The minimum Gasteiger partial charge on any atom is -0.346 e. The molecule has 0 spiro atoms. The van der Waals surface area contributed by atoms with E-state index in [4.69, 9.17) is 4.98 Å². The largest absolute Gasteiger partial charge is 0.346 e. The van der Waals surface area contributed by atoms with Crippen LogP contribution in [0, 0.1) is 0 Å². The number of aromatic amines is 1. The molecule has 0 aliphatic heterocycles. The van der Waals surface area contributed by atoms with Crippen LogP contribution in [0.25, 0.3) is 22.5 Å². The zero-order valence-electron chi connectivity index (χ0n) is 18.9. The van der Waals surface area contributed by atoms with Gasteiger partial charge in [0.05, 0.1) is 23.7 Å². The summed E-state index contributed by atoms with van der Waals surface area (Å²) in [7, 11) is 0. The Balaban J connectivity index is 1.37. The molecular formula is C27H26N4O2S. The number of amides is 2. The molecule has 0 atom stereocenters. The van der Waals surface area contributed by atoms with E-state index in [2.05, 4.69) is 15.6 Å². The van der Waals surface area contributed by atoms with Gasteiger partial charge < -0.3 is 15.6 Å². The fourth-order valence-electron chi connectivity index (χ4n) is 3.55. The van der Waals surface area contributed by atoms with Crippen LogP contribution in [0.2, 0.25) is 0 Å². The minimum absolute atomic E-state index is 0.0832. The molecule has 6 nitrogen and oxygen atoms in total. The molecule has 1 aromatic heterocycles. The summed E-state index contributed by atoms with van der Waals surface area (Å²) in [5, 5.41) is 6.19. The summed E-state index contributed by atoms with van der Waals surface area (Å²) in [6.07, 6.45) is 0.818. The Morgan fingerprint density at radius 1 is 0.853 bits per heavy atom. The molecule has 0 bridgehead atoms. The van der Waals surface area contributed by atoms with Crippen LogP contribution in [0.1, 0.15) is 12.5 Å². The second-order valence-corrected chi connectivity index (χ2v) is 8.59. The van der Waals surface area contributed by atoms with Crippen LogP contribution >= 0.6 is 11.8 Å². The van der Waals surface area contributed by atoms with E-state index in [1.54, 1.807) is 0 Å². The van der Waals surface area contributed by atoms with Gasteiger partial charge in [-0.25, -0.2) is 4.98 Å². The Morgan fingerprint density at radius 3 is 2.21 bits per heavy atom. The lowest BCUT2D eigenvalue weighted by atomic mass is 10.1. The van der Waals surface area contributed by atoms with Crippen LogP contribution in [0.4, 0.5) is 5.69 Å². The lowest BCUT2D eigenvalue weighted by molar-refractivity contribution is -0.122. The van der Waals surface area contributed by atoms with Crippen molar-refractivity contribution in [2.24, 2.45) is 0 Å². The van der Waals surface area contributed by atoms with Gasteiger partial charge in [-0.1, -0.05) is 97.5 Å². The number of hydrogen-bond donors (Lipinski definition) is 3. The molecule has 0 unspecified atom stereocenters. The second kappa shape index (κ2) is 11.3. The number of aromatic nitrogens is 2. The lowest BCUT2D eigenvalue weighted by Crippen LogP contribution is -2.34. The standard InChI is InChI=1S/C27H26N4O2S/c1-2-19-11-9-10-16-22(19)29-23(32)17-28-24(33)18-34-27-30-25(20-12-5-3-6-13-20)26(31-27)21-14-7-4-8-15-21/h3-16H,2,17-18H2,1H3,(H,28,33)(H,29,32)(H,30,31). The maximum absolute atomic E-state index is 12.4. The average Bonchev–Trinajstić information content (AvgIpc) is 3.32. The molecule has 3 aromatic carbocycles. The zero-order valence-corrected chi connectivity index (χ0v) is 19.7. The first-order chi connectivity index (χ1) is 16.6. The van der Waals surface area contributed by atoms with E-state index in [9.17, 15) is 9.59 Å². The van der Waals surface area contributed by atoms with E-state index in [1.807, 2.05) is 91.9 Å². The van der Waals surface area contributed by atoms with Crippen molar-refractivity contribution in [3.05, 3.63) is 90.5 Å². The summed E-state index contributed by atoms with van der Waals surface area (Å²) >= 11 is 1.30. The van der Waals surface area contributed by atoms with Crippen LogP contribution < -0.4 is 10.6 Å². The number of nitrogens with one attached hydrogen (secondary N) is 3. The van der Waals surface area contributed by atoms with Crippen molar-refractivity contribution in [2.45, 2.75) is 18.5 Å². The number of anilines is 1. The van der Waals surface area contributed by atoms with E-state index < -0.39 is 0 Å². The van der Waals surface area contributed by atoms with Crippen LogP contribution in [0.3, 0.4) is 0 Å². The van der Waals surface area contributed by atoms with E-state index >= 15 is 0 Å². The normalized spacial score (nSPS) is 10.6. The smallest absolute Gasteiger partial charge is 0.243 e. The summed E-state index contributed by atoms with van der Waals surface area (Å²) in [6, 6.07) is 27.6. The number of hydrogen-bond acceptors (Lipinski definition) is 4. The summed E-state index contributed by atoms with van der Waals surface area (Å²) in [4.78, 5) is 32.7. The van der Waals surface area contributed by atoms with Crippen molar-refractivity contribution in [3.8, 4) is 22.5 Å². The molecule has 4 rings (SSSR count). The number of benzene rings is 3. The Kier molecular flexibility index (Phi) is 7.78. The fraction of sp³-hybridized carbons (Fsp3) is 0.148. The molecule has 0 radical (unpaired) electrons. The predicted octanol–water partition coefficient (Wildman–Crippen LogP) is 5.15. The molecule has 7 heteroatoms. The SMILES string of the molecule is CCc1ccccc1NC(=O)CNC(=O)CSc1nc(-c2ccccc2)c(-c2ccccc2)[nH]1. The first-order valence-electron chi connectivity index (χ1n) is 11.1. The first kappa shape index (κ1) is 23.3. The van der Waals surface area contributed by atoms with Gasteiger partial charge in [0.1, 0.15) is 0 Å². The van der Waals surface area contributed by atoms with Crippen LogP contribution in [0.15, 0.2) is 90.1 Å². The van der Waals surface area contributed by atoms with E-state index in [1.165, 1.54) is 11.8 Å². The monoisotopic (exact) mass is 470 g/mol. The number of nitrogens with zero attached hydrogens (tertiary/aromatic N) is 1. The molecule has 0 aliphatic carbocycles. The van der Waals surface area contributed by atoms with Gasteiger partial charge in [0.2, 0.25) is 11.8 Å². The van der Waals surface area contributed by atoms with Gasteiger partial charge in [0.15, 0.2) is 5.16 Å². The van der Waals surface area contributed by atoms with E-state index in [0.717, 1.165) is 40.2 Å². The molecular weight excluding hydrogens is 444 g/mol. The minimum atomic E-state index is -0.255. The van der Waals surface area contributed by atoms with Gasteiger partial charge in [-0.3, -0.25) is 9.59 Å². The van der Waals surface area contributed by atoms with E-state index in [0.29, 0.717) is 5.16 Å². The summed E-state index contributed by atoms with van der Waals surface area (Å²) in [6.45, 7) is 1.95. The molecule has 0 saturated carbocycles. The van der Waals surface area contributed by atoms with E-state index in [-0.39, 0.29) is 24.1 Å². The van der Waals surface area contributed by atoms with Gasteiger partial charge in [0.25, 0.3) is 0 Å². The molecule has 34 heavy (non-hydrogen) atoms. The highest BCUT2D eigenvalue weighted by atomic mass is 32.2. The number of aryl methyl sites for hydroxylation is 1. The first-order valence-corrected chi connectivity index (χ1v) is 12.1. The predicted molar refractivity (Wildman–Crippen MR) is 138 cm³/mol. The molecule has 0 aliphatic rings. The van der Waals surface area contributed by atoms with Crippen molar-refractivity contribution in [1.29, 1.82) is 0 Å². The van der Waals surface area contributed by atoms with Crippen LogP contribution in [-0.2, 0) is 16.0 Å². The molecule has 0 fully saturated rings. The number of carbonyl (C=O) groups is 2. The third-order valence-corrected chi connectivity index (χ3v) is 6.12. The summed E-state index contributed by atoms with van der Waals surface area (Å²) in [5.41, 5.74) is 5.59. The summed E-state index contributed by atoms with van der Waals surface area (Å²) in [5.74, 6) is -0.341. The topological polar surface area (TPSA) is 86.9 Å². The molecule has 3 N–H and O–H groups in total. The number of rotatable bonds is 9. The molecule has 2 amide bonds. The molecule has 172 valence electrons. The Hall–Kier alpha value is -3.84. The van der Waals surface area contributed by atoms with Crippen molar-refractivity contribution in [1.82, 2.24) is 15.3 Å². The van der Waals surface area contributed by atoms with Gasteiger partial charge in [0, 0.05) is 16.8 Å². The highest BCUT2D eigenvalue weighted by Crippen LogP contribution is 2.32. The maximum atomic E-state index is 12.4. The van der Waals surface area contributed by atoms with Gasteiger partial charge in [-0.2, -0.15) is 0 Å². The average molecular weight is 471 g/mol. The molecule has 4 aromatic rings. The summed E-state index contributed by atoms with van der Waals surface area (Å²) < 4.78 is 0. The quantitative estimate of drug-likeness (QED) is 0.295. The van der Waals surface area contributed by atoms with Crippen LogP contribution in [0.5, 0.6) is 0 Å². The fourth-order valence-corrected chi connectivity index (χ4v) is 4.25. The third-order valence-electron chi connectivity index (χ3n) is 5.25. The van der Waals surface area contributed by atoms with Crippen molar-refractivity contribution < 1.29 is 9.59 Å². The maximum Gasteiger partial charge on any atom is 0.243 e. The highest BCUT2D eigenvalue weighted by molar-refractivity contribution is 7.99. The second-order valence-electron chi connectivity index (χ2n) is 7.62. The highest BCUT2D eigenvalue weighted by Gasteiger charge is 2.15. The van der Waals surface area contributed by atoms with Crippen molar-refractivity contribution >= 4 is 29.3 Å². The Morgan fingerprint density at radius 2 is 1.50 bits per heavy atom. The van der Waals surface area contributed by atoms with Gasteiger partial charge in [-0.15, -0.1) is 0 Å².